The molecule has 192 valence electrons. The van der Waals surface area contributed by atoms with E-state index in [-0.39, 0.29) is 0 Å². The van der Waals surface area contributed by atoms with Crippen LogP contribution in [0.3, 0.4) is 0 Å². The van der Waals surface area contributed by atoms with Gasteiger partial charge in [-0.1, -0.05) is 127 Å². The Balaban J connectivity index is 1.42. The molecule has 8 aromatic rings. The molecule has 41 heavy (non-hydrogen) atoms. The van der Waals surface area contributed by atoms with Crippen molar-refractivity contribution in [2.45, 2.75) is 0 Å². The summed E-state index contributed by atoms with van der Waals surface area (Å²) in [6.07, 6.45) is 0. The van der Waals surface area contributed by atoms with Crippen molar-refractivity contribution in [2.75, 3.05) is 4.90 Å². The Bertz CT molecular complexity index is 2220. The lowest BCUT2D eigenvalue weighted by molar-refractivity contribution is 1.23. The maximum atomic E-state index is 5.31. The van der Waals surface area contributed by atoms with E-state index in [2.05, 4.69) is 163 Å². The largest absolute Gasteiger partial charge is 0.294 e. The van der Waals surface area contributed by atoms with Crippen molar-refractivity contribution >= 4 is 60.4 Å². The average Bonchev–Trinajstić information content (AvgIpc) is 3.05. The molecule has 0 bridgehead atoms. The summed E-state index contributed by atoms with van der Waals surface area (Å²) in [7, 11) is 0. The quantitative estimate of drug-likeness (QED) is 0.214. The van der Waals surface area contributed by atoms with Gasteiger partial charge >= 0.3 is 0 Å². The van der Waals surface area contributed by atoms with E-state index in [9.17, 15) is 0 Å². The number of aromatic nitrogens is 1. The van der Waals surface area contributed by atoms with Gasteiger partial charge in [-0.3, -0.25) is 4.90 Å². The first-order valence-corrected chi connectivity index (χ1v) is 14.0. The summed E-state index contributed by atoms with van der Waals surface area (Å²) in [5.41, 5.74) is 5.49. The lowest BCUT2D eigenvalue weighted by atomic mass is 10.0. The Morgan fingerprint density at radius 1 is 0.366 bits per heavy atom. The summed E-state index contributed by atoms with van der Waals surface area (Å²) >= 11 is 0. The van der Waals surface area contributed by atoms with E-state index in [1.807, 2.05) is 0 Å². The van der Waals surface area contributed by atoms with Gasteiger partial charge in [-0.05, 0) is 68.4 Å². The van der Waals surface area contributed by atoms with E-state index in [1.165, 1.54) is 38.1 Å². The van der Waals surface area contributed by atoms with Crippen LogP contribution >= 0.6 is 0 Å². The lowest BCUT2D eigenvalue weighted by Gasteiger charge is -2.27. The topological polar surface area (TPSA) is 16.1 Å². The van der Waals surface area contributed by atoms with Gasteiger partial charge in [0.05, 0.1) is 5.52 Å². The van der Waals surface area contributed by atoms with E-state index >= 15 is 0 Å². The van der Waals surface area contributed by atoms with E-state index in [1.54, 1.807) is 0 Å². The fourth-order valence-electron chi connectivity index (χ4n) is 6.05. The highest BCUT2D eigenvalue weighted by Gasteiger charge is 2.20. The van der Waals surface area contributed by atoms with Crippen molar-refractivity contribution in [1.29, 1.82) is 0 Å². The van der Waals surface area contributed by atoms with Crippen LogP contribution in [0.4, 0.5) is 17.2 Å². The molecule has 0 N–H and O–H groups in total. The molecular weight excluding hydrogens is 496 g/mol. The van der Waals surface area contributed by atoms with Gasteiger partial charge < -0.3 is 0 Å². The number of benzene rings is 7. The average molecular weight is 523 g/mol. The Morgan fingerprint density at radius 3 is 1.88 bits per heavy atom. The van der Waals surface area contributed by atoms with Crippen molar-refractivity contribution in [3.05, 3.63) is 158 Å². The predicted octanol–water partition coefficient (Wildman–Crippen LogP) is 10.8. The second-order valence-electron chi connectivity index (χ2n) is 10.4. The smallest absolute Gasteiger partial charge is 0.146 e. The van der Waals surface area contributed by atoms with Crippen molar-refractivity contribution in [3.63, 3.8) is 0 Å². The molecule has 0 atom stereocenters. The molecule has 1 aromatic heterocycles. The molecule has 7 aromatic carbocycles. The van der Waals surface area contributed by atoms with Gasteiger partial charge in [0.25, 0.3) is 0 Å². The number of fused-ring (bicyclic) bond motifs is 6. The minimum Gasteiger partial charge on any atom is -0.294 e. The summed E-state index contributed by atoms with van der Waals surface area (Å²) in [5, 5.41) is 8.45. The van der Waals surface area contributed by atoms with Gasteiger partial charge in [0, 0.05) is 22.1 Å². The number of para-hydroxylation sites is 1. The van der Waals surface area contributed by atoms with Crippen LogP contribution in [0.15, 0.2) is 158 Å². The fourth-order valence-corrected chi connectivity index (χ4v) is 6.05. The van der Waals surface area contributed by atoms with E-state index in [4.69, 9.17) is 4.98 Å². The first-order valence-electron chi connectivity index (χ1n) is 14.0. The second-order valence-corrected chi connectivity index (χ2v) is 10.4. The third-order valence-electron chi connectivity index (χ3n) is 8.00. The molecule has 0 unspecified atom stereocenters. The molecule has 0 fully saturated rings. The first-order chi connectivity index (χ1) is 20.3. The first kappa shape index (κ1) is 23.4. The SMILES string of the molecule is c1ccc(-c2cccc(N(c3ccc4c(ccc5ccccc54)c3)c3nc4ccccc4c4ccccc34)c2)cc1. The monoisotopic (exact) mass is 522 g/mol. The number of hydrogen-bond acceptors (Lipinski definition) is 2. The summed E-state index contributed by atoms with van der Waals surface area (Å²) in [6.45, 7) is 0. The maximum absolute atomic E-state index is 5.31. The molecule has 0 aliphatic rings. The second kappa shape index (κ2) is 9.62. The van der Waals surface area contributed by atoms with Crippen molar-refractivity contribution in [1.82, 2.24) is 4.98 Å². The summed E-state index contributed by atoms with van der Waals surface area (Å²) in [6, 6.07) is 56.2. The zero-order valence-electron chi connectivity index (χ0n) is 22.4. The number of hydrogen-bond donors (Lipinski definition) is 0. The van der Waals surface area contributed by atoms with E-state index < -0.39 is 0 Å². The Hall–Kier alpha value is -5.47. The zero-order valence-corrected chi connectivity index (χ0v) is 22.4. The van der Waals surface area contributed by atoms with Crippen molar-refractivity contribution in [3.8, 4) is 11.1 Å². The molecule has 0 aliphatic carbocycles. The highest BCUT2D eigenvalue weighted by molar-refractivity contribution is 6.12. The van der Waals surface area contributed by atoms with Gasteiger partial charge in [-0.15, -0.1) is 0 Å². The predicted molar refractivity (Wildman–Crippen MR) is 174 cm³/mol. The number of rotatable bonds is 4. The molecule has 0 saturated heterocycles. The van der Waals surface area contributed by atoms with Crippen LogP contribution in [-0.2, 0) is 0 Å². The van der Waals surface area contributed by atoms with Gasteiger partial charge in [0.15, 0.2) is 0 Å². The summed E-state index contributed by atoms with van der Waals surface area (Å²) in [4.78, 5) is 7.63. The van der Waals surface area contributed by atoms with Gasteiger partial charge in [0.1, 0.15) is 5.82 Å². The number of anilines is 3. The summed E-state index contributed by atoms with van der Waals surface area (Å²) < 4.78 is 0. The molecule has 8 rings (SSSR count). The van der Waals surface area contributed by atoms with Gasteiger partial charge in [0.2, 0.25) is 0 Å². The number of pyridine rings is 1. The van der Waals surface area contributed by atoms with Crippen LogP contribution in [0.25, 0.3) is 54.3 Å². The lowest BCUT2D eigenvalue weighted by Crippen LogP contribution is -2.12. The Labute approximate surface area is 238 Å². The van der Waals surface area contributed by atoms with Crippen molar-refractivity contribution in [2.24, 2.45) is 0 Å². The van der Waals surface area contributed by atoms with Crippen LogP contribution in [0.2, 0.25) is 0 Å². The molecule has 0 radical (unpaired) electrons. The van der Waals surface area contributed by atoms with Crippen LogP contribution in [0, 0.1) is 0 Å². The van der Waals surface area contributed by atoms with Crippen LogP contribution in [0.5, 0.6) is 0 Å². The standard InChI is InChI=1S/C39H26N2/c1-2-11-27(12-3-1)29-14-10-15-31(25-29)41(32-23-24-34-30(26-32)22-21-28-13-4-5-16-33(28)34)39-37-19-7-6-17-35(37)36-18-8-9-20-38(36)40-39/h1-26H. The van der Waals surface area contributed by atoms with Crippen LogP contribution in [-0.4, -0.2) is 4.98 Å². The Morgan fingerprint density at radius 2 is 1.00 bits per heavy atom. The van der Waals surface area contributed by atoms with E-state index in [0.717, 1.165) is 33.5 Å². The molecule has 1 heterocycles. The summed E-state index contributed by atoms with van der Waals surface area (Å²) in [5.74, 6) is 0.921. The molecule has 0 saturated carbocycles. The number of nitrogens with zero attached hydrogens (tertiary/aromatic N) is 2. The van der Waals surface area contributed by atoms with Gasteiger partial charge in [-0.2, -0.15) is 0 Å². The van der Waals surface area contributed by atoms with Crippen LogP contribution < -0.4 is 4.90 Å². The maximum Gasteiger partial charge on any atom is 0.146 e. The van der Waals surface area contributed by atoms with E-state index in [0.29, 0.717) is 0 Å². The fraction of sp³-hybridized carbons (Fsp3) is 0. The molecule has 0 amide bonds. The zero-order chi connectivity index (χ0) is 27.2. The molecular formula is C39H26N2. The molecule has 2 heteroatoms. The highest BCUT2D eigenvalue weighted by Crippen LogP contribution is 2.42. The third kappa shape index (κ3) is 4.00. The molecule has 0 spiro atoms. The van der Waals surface area contributed by atoms with Gasteiger partial charge in [-0.25, -0.2) is 4.98 Å². The minimum absolute atomic E-state index is 0.921. The highest BCUT2D eigenvalue weighted by atomic mass is 15.2. The third-order valence-corrected chi connectivity index (χ3v) is 8.00. The Kier molecular flexibility index (Phi) is 5.49. The molecule has 0 aliphatic heterocycles. The normalized spacial score (nSPS) is 11.4. The van der Waals surface area contributed by atoms with Crippen molar-refractivity contribution < 1.29 is 0 Å². The minimum atomic E-state index is 0.921. The van der Waals surface area contributed by atoms with Crippen LogP contribution in [0.1, 0.15) is 0 Å². The molecule has 2 nitrogen and oxygen atoms in total.